The maximum absolute atomic E-state index is 12.3. The van der Waals surface area contributed by atoms with Crippen molar-refractivity contribution in [3.05, 3.63) is 59.5 Å². The molecule has 1 aromatic carbocycles. The minimum Gasteiger partial charge on any atom is -0.339 e. The number of H-pyrrole nitrogens is 1. The fourth-order valence-corrected chi connectivity index (χ4v) is 2.50. The Labute approximate surface area is 119 Å². The van der Waals surface area contributed by atoms with Gasteiger partial charge in [0.15, 0.2) is 5.65 Å². The number of nitrogens with zero attached hydrogens (tertiary/aromatic N) is 3. The number of pyridine rings is 1. The summed E-state index contributed by atoms with van der Waals surface area (Å²) in [5.41, 5.74) is 2.24. The SMILES string of the molecule is O=C1c2ccccc2C(=O)N1Cc1nc2ncccc2[nH]1. The molecule has 0 aliphatic carbocycles. The van der Waals surface area contributed by atoms with Gasteiger partial charge in [-0.05, 0) is 24.3 Å². The second-order valence-corrected chi connectivity index (χ2v) is 4.80. The molecule has 0 saturated heterocycles. The number of nitrogens with one attached hydrogen (secondary N) is 1. The van der Waals surface area contributed by atoms with Gasteiger partial charge in [0.2, 0.25) is 0 Å². The van der Waals surface area contributed by atoms with Gasteiger partial charge >= 0.3 is 0 Å². The molecule has 6 nitrogen and oxygen atoms in total. The van der Waals surface area contributed by atoms with Crippen molar-refractivity contribution >= 4 is 23.0 Å². The average Bonchev–Trinajstić information content (AvgIpc) is 3.02. The molecule has 102 valence electrons. The maximum Gasteiger partial charge on any atom is 0.261 e. The third-order valence-electron chi connectivity index (χ3n) is 3.49. The summed E-state index contributed by atoms with van der Waals surface area (Å²) in [7, 11) is 0. The summed E-state index contributed by atoms with van der Waals surface area (Å²) < 4.78 is 0. The molecule has 0 atom stereocenters. The summed E-state index contributed by atoms with van der Waals surface area (Å²) in [6.45, 7) is 0.114. The molecule has 0 fully saturated rings. The highest BCUT2D eigenvalue weighted by molar-refractivity contribution is 6.21. The molecule has 0 unspecified atom stereocenters. The van der Waals surface area contributed by atoms with Crippen LogP contribution in [0.25, 0.3) is 11.2 Å². The monoisotopic (exact) mass is 278 g/mol. The zero-order valence-corrected chi connectivity index (χ0v) is 10.9. The van der Waals surface area contributed by atoms with Crippen LogP contribution in [-0.4, -0.2) is 31.7 Å². The van der Waals surface area contributed by atoms with Crippen LogP contribution >= 0.6 is 0 Å². The number of carbonyl (C=O) groups excluding carboxylic acids is 2. The number of hydrogen-bond acceptors (Lipinski definition) is 4. The smallest absolute Gasteiger partial charge is 0.261 e. The third kappa shape index (κ3) is 1.73. The largest absolute Gasteiger partial charge is 0.339 e. The molecule has 4 rings (SSSR count). The van der Waals surface area contributed by atoms with Crippen LogP contribution < -0.4 is 0 Å². The predicted octanol–water partition coefficient (Wildman–Crippen LogP) is 1.75. The lowest BCUT2D eigenvalue weighted by Crippen LogP contribution is -2.29. The van der Waals surface area contributed by atoms with Gasteiger partial charge in [-0.3, -0.25) is 14.5 Å². The summed E-state index contributed by atoms with van der Waals surface area (Å²) in [6.07, 6.45) is 1.65. The highest BCUT2D eigenvalue weighted by Gasteiger charge is 2.35. The zero-order chi connectivity index (χ0) is 14.4. The van der Waals surface area contributed by atoms with E-state index in [0.717, 1.165) is 5.52 Å². The van der Waals surface area contributed by atoms with Crippen LogP contribution in [0.3, 0.4) is 0 Å². The van der Waals surface area contributed by atoms with Crippen molar-refractivity contribution in [2.45, 2.75) is 6.54 Å². The number of aromatic amines is 1. The van der Waals surface area contributed by atoms with Crippen molar-refractivity contribution in [3.63, 3.8) is 0 Å². The molecular weight excluding hydrogens is 268 g/mol. The summed E-state index contributed by atoms with van der Waals surface area (Å²) in [5, 5.41) is 0. The van der Waals surface area contributed by atoms with Gasteiger partial charge in [0.1, 0.15) is 5.82 Å². The number of hydrogen-bond donors (Lipinski definition) is 1. The lowest BCUT2D eigenvalue weighted by molar-refractivity contribution is 0.0638. The van der Waals surface area contributed by atoms with Crippen LogP contribution in [0, 0.1) is 0 Å². The Morgan fingerprint density at radius 2 is 1.71 bits per heavy atom. The molecule has 0 bridgehead atoms. The highest BCUT2D eigenvalue weighted by Crippen LogP contribution is 2.24. The van der Waals surface area contributed by atoms with Crippen LogP contribution in [-0.2, 0) is 6.54 Å². The van der Waals surface area contributed by atoms with Crippen molar-refractivity contribution in [2.75, 3.05) is 0 Å². The highest BCUT2D eigenvalue weighted by atomic mass is 16.2. The first-order chi connectivity index (χ1) is 10.2. The normalized spacial score (nSPS) is 14.0. The maximum atomic E-state index is 12.3. The number of amides is 2. The Hall–Kier alpha value is -3.02. The van der Waals surface area contributed by atoms with Crippen molar-refractivity contribution in [1.29, 1.82) is 0 Å². The van der Waals surface area contributed by atoms with Gasteiger partial charge in [0.25, 0.3) is 11.8 Å². The third-order valence-corrected chi connectivity index (χ3v) is 3.49. The van der Waals surface area contributed by atoms with E-state index in [2.05, 4.69) is 15.0 Å². The lowest BCUT2D eigenvalue weighted by atomic mass is 10.1. The van der Waals surface area contributed by atoms with Gasteiger partial charge in [-0.1, -0.05) is 12.1 Å². The van der Waals surface area contributed by atoms with Gasteiger partial charge in [-0.2, -0.15) is 0 Å². The number of imide groups is 1. The van der Waals surface area contributed by atoms with Crippen molar-refractivity contribution in [2.24, 2.45) is 0 Å². The molecule has 1 N–H and O–H groups in total. The molecule has 21 heavy (non-hydrogen) atoms. The van der Waals surface area contributed by atoms with Crippen molar-refractivity contribution in [3.8, 4) is 0 Å². The molecule has 3 aromatic rings. The second kappa shape index (κ2) is 4.24. The molecule has 6 heteroatoms. The van der Waals surface area contributed by atoms with Gasteiger partial charge in [-0.25, -0.2) is 9.97 Å². The first-order valence-electron chi connectivity index (χ1n) is 6.49. The minimum atomic E-state index is -0.288. The predicted molar refractivity (Wildman–Crippen MR) is 74.5 cm³/mol. The van der Waals surface area contributed by atoms with E-state index in [1.165, 1.54) is 4.90 Å². The van der Waals surface area contributed by atoms with Crippen LogP contribution in [0.15, 0.2) is 42.6 Å². The molecule has 2 aromatic heterocycles. The lowest BCUT2D eigenvalue weighted by Gasteiger charge is -2.11. The topological polar surface area (TPSA) is 79.0 Å². The molecule has 3 heterocycles. The number of carbonyl (C=O) groups is 2. The van der Waals surface area contributed by atoms with Crippen LogP contribution in [0.1, 0.15) is 26.5 Å². The van der Waals surface area contributed by atoms with Gasteiger partial charge in [-0.15, -0.1) is 0 Å². The number of fused-ring (bicyclic) bond motifs is 2. The van der Waals surface area contributed by atoms with E-state index in [1.807, 2.05) is 6.07 Å². The van der Waals surface area contributed by atoms with Crippen LogP contribution in [0.5, 0.6) is 0 Å². The van der Waals surface area contributed by atoms with E-state index in [4.69, 9.17) is 0 Å². The minimum absolute atomic E-state index is 0.114. The number of aromatic nitrogens is 3. The fourth-order valence-electron chi connectivity index (χ4n) is 2.50. The standard InChI is InChI=1S/C15H10N4O2/c20-14-9-4-1-2-5-10(9)15(21)19(14)8-12-17-11-6-3-7-16-13(11)18-12/h1-7H,8H2,(H,16,17,18). The number of benzene rings is 1. The zero-order valence-electron chi connectivity index (χ0n) is 10.9. The first-order valence-corrected chi connectivity index (χ1v) is 6.49. The van der Waals surface area contributed by atoms with Crippen LogP contribution in [0.2, 0.25) is 0 Å². The molecule has 0 radical (unpaired) electrons. The summed E-state index contributed by atoms with van der Waals surface area (Å²) >= 11 is 0. The van der Waals surface area contributed by atoms with Gasteiger partial charge in [0, 0.05) is 6.20 Å². The Morgan fingerprint density at radius 1 is 1.00 bits per heavy atom. The summed E-state index contributed by atoms with van der Waals surface area (Å²) in [5.74, 6) is -0.0359. The van der Waals surface area contributed by atoms with Crippen LogP contribution in [0.4, 0.5) is 0 Å². The van der Waals surface area contributed by atoms with E-state index < -0.39 is 0 Å². The van der Waals surface area contributed by atoms with E-state index in [-0.39, 0.29) is 18.4 Å². The molecular formula is C15H10N4O2. The van der Waals surface area contributed by atoms with E-state index in [1.54, 1.807) is 36.5 Å². The Kier molecular flexibility index (Phi) is 2.38. The Bertz CT molecular complexity index is 816. The van der Waals surface area contributed by atoms with Crippen molar-refractivity contribution < 1.29 is 9.59 Å². The molecule has 2 amide bonds. The summed E-state index contributed by atoms with van der Waals surface area (Å²) in [6, 6.07) is 10.5. The summed E-state index contributed by atoms with van der Waals surface area (Å²) in [4.78, 5) is 37.2. The molecule has 1 aliphatic heterocycles. The molecule has 0 spiro atoms. The van der Waals surface area contributed by atoms with Crippen molar-refractivity contribution in [1.82, 2.24) is 19.9 Å². The quantitative estimate of drug-likeness (QED) is 0.724. The second-order valence-electron chi connectivity index (χ2n) is 4.80. The molecule has 0 saturated carbocycles. The van der Waals surface area contributed by atoms with Gasteiger partial charge in [0.05, 0.1) is 23.2 Å². The van der Waals surface area contributed by atoms with E-state index in [0.29, 0.717) is 22.6 Å². The van der Waals surface area contributed by atoms with Gasteiger partial charge < -0.3 is 4.98 Å². The first kappa shape index (κ1) is 11.8. The number of rotatable bonds is 2. The fraction of sp³-hybridized carbons (Fsp3) is 0.0667. The average molecular weight is 278 g/mol. The molecule has 1 aliphatic rings. The Morgan fingerprint density at radius 3 is 2.38 bits per heavy atom. The Balaban J connectivity index is 1.69. The number of imidazole rings is 1. The van der Waals surface area contributed by atoms with E-state index in [9.17, 15) is 9.59 Å². The van der Waals surface area contributed by atoms with E-state index >= 15 is 0 Å².